The van der Waals surface area contributed by atoms with Gasteiger partial charge in [-0.05, 0) is 18.6 Å². The highest BCUT2D eigenvalue weighted by Gasteiger charge is 2.08. The molecule has 1 aromatic heterocycles. The van der Waals surface area contributed by atoms with Gasteiger partial charge in [0.2, 0.25) is 5.91 Å². The minimum atomic E-state index is 0.181. The van der Waals surface area contributed by atoms with Gasteiger partial charge in [-0.25, -0.2) is 0 Å². The summed E-state index contributed by atoms with van der Waals surface area (Å²) in [6, 6.07) is 3.85. The molecule has 0 radical (unpaired) electrons. The molecular weight excluding hydrogens is 176 g/mol. The van der Waals surface area contributed by atoms with E-state index in [0.29, 0.717) is 6.42 Å². The van der Waals surface area contributed by atoms with Gasteiger partial charge in [0.25, 0.3) is 0 Å². The predicted octanol–water partition coefficient (Wildman–Crippen LogP) is 1.82. The van der Waals surface area contributed by atoms with E-state index in [1.807, 2.05) is 25.4 Å². The van der Waals surface area contributed by atoms with Crippen LogP contribution in [0.5, 0.6) is 0 Å². The highest BCUT2D eigenvalue weighted by molar-refractivity contribution is 5.78. The lowest BCUT2D eigenvalue weighted by atomic mass is 10.2. The molecular formula is C11H18N2O. The minimum Gasteiger partial charge on any atom is -0.365 e. The maximum atomic E-state index is 11.6. The fraction of sp³-hybridized carbons (Fsp3) is 0.545. The van der Waals surface area contributed by atoms with Gasteiger partial charge in [-0.3, -0.25) is 4.79 Å². The standard InChI is InChI=1S/C11H18N2O/c1-3-4-8-13(2)11(14)9-10-6-5-7-12-10/h5-7,12H,3-4,8-9H2,1-2H3. The van der Waals surface area contributed by atoms with Crippen molar-refractivity contribution >= 4 is 5.91 Å². The monoisotopic (exact) mass is 194 g/mol. The van der Waals surface area contributed by atoms with Crippen LogP contribution in [0.25, 0.3) is 0 Å². The Morgan fingerprint density at radius 1 is 1.57 bits per heavy atom. The SMILES string of the molecule is CCCCN(C)C(=O)Cc1ccc[nH]1. The molecule has 0 aromatic carbocycles. The number of H-pyrrole nitrogens is 1. The zero-order valence-corrected chi connectivity index (χ0v) is 8.92. The van der Waals surface area contributed by atoms with E-state index in [4.69, 9.17) is 0 Å². The molecule has 0 bridgehead atoms. The highest BCUT2D eigenvalue weighted by atomic mass is 16.2. The van der Waals surface area contributed by atoms with E-state index in [2.05, 4.69) is 11.9 Å². The summed E-state index contributed by atoms with van der Waals surface area (Å²) in [6.07, 6.45) is 4.52. The van der Waals surface area contributed by atoms with Crippen LogP contribution in [-0.4, -0.2) is 29.4 Å². The average Bonchev–Trinajstić information content (AvgIpc) is 2.66. The molecule has 0 spiro atoms. The number of aromatic nitrogens is 1. The van der Waals surface area contributed by atoms with E-state index in [0.717, 1.165) is 25.1 Å². The summed E-state index contributed by atoms with van der Waals surface area (Å²) in [5.41, 5.74) is 0.985. The molecule has 0 unspecified atom stereocenters. The molecule has 0 aliphatic carbocycles. The number of hydrogen-bond acceptors (Lipinski definition) is 1. The van der Waals surface area contributed by atoms with E-state index in [1.165, 1.54) is 0 Å². The smallest absolute Gasteiger partial charge is 0.228 e. The molecule has 3 heteroatoms. The number of hydrogen-bond donors (Lipinski definition) is 1. The summed E-state index contributed by atoms with van der Waals surface area (Å²) in [5.74, 6) is 0.181. The molecule has 0 saturated heterocycles. The molecule has 1 heterocycles. The van der Waals surface area contributed by atoms with Crippen LogP contribution in [0.2, 0.25) is 0 Å². The number of amides is 1. The van der Waals surface area contributed by atoms with Crippen molar-refractivity contribution in [3.63, 3.8) is 0 Å². The van der Waals surface area contributed by atoms with Gasteiger partial charge in [-0.2, -0.15) is 0 Å². The molecule has 1 N–H and O–H groups in total. The van der Waals surface area contributed by atoms with Gasteiger partial charge in [-0.15, -0.1) is 0 Å². The summed E-state index contributed by atoms with van der Waals surface area (Å²) >= 11 is 0. The van der Waals surface area contributed by atoms with Gasteiger partial charge in [0.1, 0.15) is 0 Å². The van der Waals surface area contributed by atoms with E-state index in [-0.39, 0.29) is 5.91 Å². The first-order valence-electron chi connectivity index (χ1n) is 5.10. The van der Waals surface area contributed by atoms with Crippen LogP contribution >= 0.6 is 0 Å². The van der Waals surface area contributed by atoms with Gasteiger partial charge in [-0.1, -0.05) is 13.3 Å². The van der Waals surface area contributed by atoms with Gasteiger partial charge < -0.3 is 9.88 Å². The van der Waals surface area contributed by atoms with Gasteiger partial charge in [0.15, 0.2) is 0 Å². The van der Waals surface area contributed by atoms with Gasteiger partial charge in [0, 0.05) is 25.5 Å². The number of rotatable bonds is 5. The second-order valence-electron chi connectivity index (χ2n) is 3.54. The molecule has 0 aliphatic heterocycles. The van der Waals surface area contributed by atoms with Crippen LogP contribution in [-0.2, 0) is 11.2 Å². The van der Waals surface area contributed by atoms with E-state index >= 15 is 0 Å². The fourth-order valence-electron chi connectivity index (χ4n) is 1.30. The molecule has 1 rings (SSSR count). The van der Waals surface area contributed by atoms with Crippen molar-refractivity contribution in [1.29, 1.82) is 0 Å². The Bertz CT molecular complexity index is 267. The minimum absolute atomic E-state index is 0.181. The van der Waals surface area contributed by atoms with Crippen LogP contribution in [0.1, 0.15) is 25.5 Å². The Labute approximate surface area is 85.1 Å². The van der Waals surface area contributed by atoms with Crippen molar-refractivity contribution in [3.05, 3.63) is 24.0 Å². The van der Waals surface area contributed by atoms with E-state index in [9.17, 15) is 4.79 Å². The van der Waals surface area contributed by atoms with Crippen molar-refractivity contribution in [1.82, 2.24) is 9.88 Å². The number of carbonyl (C=O) groups is 1. The summed E-state index contributed by atoms with van der Waals surface area (Å²) in [5, 5.41) is 0. The quantitative estimate of drug-likeness (QED) is 0.762. The van der Waals surface area contributed by atoms with Crippen molar-refractivity contribution < 1.29 is 4.79 Å². The topological polar surface area (TPSA) is 36.1 Å². The first-order valence-corrected chi connectivity index (χ1v) is 5.10. The molecule has 1 amide bonds. The van der Waals surface area contributed by atoms with Gasteiger partial charge in [0.05, 0.1) is 6.42 Å². The summed E-state index contributed by atoms with van der Waals surface area (Å²) in [7, 11) is 1.86. The molecule has 0 fully saturated rings. The third-order valence-corrected chi connectivity index (χ3v) is 2.28. The van der Waals surface area contributed by atoms with E-state index < -0.39 is 0 Å². The number of nitrogens with zero attached hydrogens (tertiary/aromatic N) is 1. The number of nitrogens with one attached hydrogen (secondary N) is 1. The lowest BCUT2D eigenvalue weighted by Gasteiger charge is -2.15. The lowest BCUT2D eigenvalue weighted by Crippen LogP contribution is -2.29. The number of carbonyl (C=O) groups excluding carboxylic acids is 1. The van der Waals surface area contributed by atoms with E-state index in [1.54, 1.807) is 4.90 Å². The maximum Gasteiger partial charge on any atom is 0.228 e. The summed E-state index contributed by atoms with van der Waals surface area (Å²) in [6.45, 7) is 2.99. The van der Waals surface area contributed by atoms with Crippen molar-refractivity contribution in [2.75, 3.05) is 13.6 Å². The fourth-order valence-corrected chi connectivity index (χ4v) is 1.30. The third kappa shape index (κ3) is 3.24. The highest BCUT2D eigenvalue weighted by Crippen LogP contribution is 2.00. The second-order valence-corrected chi connectivity index (χ2v) is 3.54. The zero-order chi connectivity index (χ0) is 10.4. The largest absolute Gasteiger partial charge is 0.365 e. The van der Waals surface area contributed by atoms with Gasteiger partial charge >= 0.3 is 0 Å². The van der Waals surface area contributed by atoms with Crippen LogP contribution in [0.4, 0.5) is 0 Å². The first-order chi connectivity index (χ1) is 6.74. The third-order valence-electron chi connectivity index (χ3n) is 2.28. The Kier molecular flexibility index (Phi) is 4.23. The Hall–Kier alpha value is -1.25. The molecule has 14 heavy (non-hydrogen) atoms. The number of aromatic amines is 1. The Morgan fingerprint density at radius 2 is 2.36 bits per heavy atom. The normalized spacial score (nSPS) is 10.1. The van der Waals surface area contributed by atoms with Crippen LogP contribution in [0, 0.1) is 0 Å². The second kappa shape index (κ2) is 5.47. The molecule has 1 aromatic rings. The first kappa shape index (κ1) is 10.8. The van der Waals surface area contributed by atoms with Crippen molar-refractivity contribution in [2.24, 2.45) is 0 Å². The molecule has 3 nitrogen and oxygen atoms in total. The molecule has 0 aliphatic rings. The number of unbranched alkanes of at least 4 members (excludes halogenated alkanes) is 1. The summed E-state index contributed by atoms with van der Waals surface area (Å²) in [4.78, 5) is 16.4. The summed E-state index contributed by atoms with van der Waals surface area (Å²) < 4.78 is 0. The van der Waals surface area contributed by atoms with Crippen LogP contribution in [0.15, 0.2) is 18.3 Å². The molecule has 0 saturated carbocycles. The van der Waals surface area contributed by atoms with Crippen LogP contribution < -0.4 is 0 Å². The average molecular weight is 194 g/mol. The Balaban J connectivity index is 2.34. The zero-order valence-electron chi connectivity index (χ0n) is 8.92. The van der Waals surface area contributed by atoms with Crippen molar-refractivity contribution in [2.45, 2.75) is 26.2 Å². The molecule has 78 valence electrons. The van der Waals surface area contributed by atoms with Crippen LogP contribution in [0.3, 0.4) is 0 Å². The Morgan fingerprint density at radius 3 is 2.93 bits per heavy atom. The number of likely N-dealkylation sites (N-methyl/N-ethyl adjacent to an activating group) is 1. The maximum absolute atomic E-state index is 11.6. The molecule has 0 atom stereocenters. The lowest BCUT2D eigenvalue weighted by molar-refractivity contribution is -0.129. The van der Waals surface area contributed by atoms with Crippen molar-refractivity contribution in [3.8, 4) is 0 Å². The predicted molar refractivity (Wildman–Crippen MR) is 57.0 cm³/mol.